The lowest BCUT2D eigenvalue weighted by Gasteiger charge is -2.32. The Morgan fingerprint density at radius 1 is 0.816 bits per heavy atom. The molecule has 198 valence electrons. The average molecular weight is 512 g/mol. The molecule has 2 fully saturated rings. The molecule has 0 aliphatic carbocycles. The lowest BCUT2D eigenvalue weighted by molar-refractivity contribution is -0.121. The second-order valence-corrected chi connectivity index (χ2v) is 10.3. The molecule has 0 spiro atoms. The van der Waals surface area contributed by atoms with Crippen molar-refractivity contribution < 1.29 is 14.3 Å². The first-order chi connectivity index (χ1) is 18.6. The van der Waals surface area contributed by atoms with Gasteiger partial charge in [0.05, 0.1) is 5.56 Å². The summed E-state index contributed by atoms with van der Waals surface area (Å²) in [6.07, 6.45) is 3.68. The van der Waals surface area contributed by atoms with E-state index < -0.39 is 0 Å². The first-order valence-corrected chi connectivity index (χ1v) is 13.8. The van der Waals surface area contributed by atoms with E-state index in [0.29, 0.717) is 36.1 Å². The molecule has 6 heteroatoms. The molecule has 2 saturated heterocycles. The smallest absolute Gasteiger partial charge is 0.257 e. The minimum Gasteiger partial charge on any atom is -0.457 e. The van der Waals surface area contributed by atoms with Gasteiger partial charge < -0.3 is 19.9 Å². The summed E-state index contributed by atoms with van der Waals surface area (Å²) in [5, 5.41) is 3.12. The van der Waals surface area contributed by atoms with Gasteiger partial charge in [-0.25, -0.2) is 0 Å². The van der Waals surface area contributed by atoms with E-state index in [2.05, 4.69) is 29.3 Å². The van der Waals surface area contributed by atoms with Gasteiger partial charge in [0.2, 0.25) is 5.91 Å². The highest BCUT2D eigenvalue weighted by atomic mass is 16.5. The maximum absolute atomic E-state index is 13.4. The fourth-order valence-corrected chi connectivity index (χ4v) is 5.53. The number of anilines is 1. The Bertz CT molecular complexity index is 1210. The fourth-order valence-electron chi connectivity index (χ4n) is 5.53. The van der Waals surface area contributed by atoms with E-state index in [1.807, 2.05) is 71.6 Å². The summed E-state index contributed by atoms with van der Waals surface area (Å²) in [6, 6.07) is 25.3. The lowest BCUT2D eigenvalue weighted by atomic mass is 9.89. The molecule has 2 heterocycles. The van der Waals surface area contributed by atoms with Crippen LogP contribution in [0.15, 0.2) is 78.9 Å². The SMILES string of the molecule is CCN1CCC(C(=O)Nc2ccc(C3CCN(C(=O)c4ccccc4Oc4ccccc4)CC3)cc2)CC1. The van der Waals surface area contributed by atoms with Crippen LogP contribution in [0.3, 0.4) is 0 Å². The second kappa shape index (κ2) is 12.3. The van der Waals surface area contributed by atoms with Crippen LogP contribution in [-0.2, 0) is 4.79 Å². The van der Waals surface area contributed by atoms with E-state index in [9.17, 15) is 9.59 Å². The molecule has 1 N–H and O–H groups in total. The van der Waals surface area contributed by atoms with Gasteiger partial charge in [-0.1, -0.05) is 49.4 Å². The minimum absolute atomic E-state index is 0.0119. The molecule has 0 atom stereocenters. The van der Waals surface area contributed by atoms with Gasteiger partial charge in [0.15, 0.2) is 0 Å². The molecule has 2 amide bonds. The van der Waals surface area contributed by atoms with E-state index in [1.165, 1.54) is 5.56 Å². The summed E-state index contributed by atoms with van der Waals surface area (Å²) in [5.41, 5.74) is 2.72. The number of rotatable bonds is 7. The van der Waals surface area contributed by atoms with Crippen LogP contribution in [-0.4, -0.2) is 54.3 Å². The number of piperidine rings is 2. The molecule has 0 unspecified atom stereocenters. The van der Waals surface area contributed by atoms with Crippen LogP contribution in [0.5, 0.6) is 11.5 Å². The second-order valence-electron chi connectivity index (χ2n) is 10.3. The highest BCUT2D eigenvalue weighted by Crippen LogP contribution is 2.32. The van der Waals surface area contributed by atoms with Gasteiger partial charge in [-0.3, -0.25) is 9.59 Å². The molecule has 0 radical (unpaired) electrons. The molecular formula is C32H37N3O3. The van der Waals surface area contributed by atoms with Crippen LogP contribution in [0.4, 0.5) is 5.69 Å². The van der Waals surface area contributed by atoms with E-state index in [0.717, 1.165) is 51.0 Å². The summed E-state index contributed by atoms with van der Waals surface area (Å²) in [5.74, 6) is 1.95. The first-order valence-electron chi connectivity index (χ1n) is 13.8. The molecule has 2 aliphatic rings. The number of amides is 2. The molecule has 5 rings (SSSR count). The highest BCUT2D eigenvalue weighted by Gasteiger charge is 2.27. The summed E-state index contributed by atoms with van der Waals surface area (Å²) in [4.78, 5) is 30.4. The van der Waals surface area contributed by atoms with Crippen molar-refractivity contribution in [1.29, 1.82) is 0 Å². The van der Waals surface area contributed by atoms with Crippen molar-refractivity contribution in [3.05, 3.63) is 90.0 Å². The van der Waals surface area contributed by atoms with Gasteiger partial charge in [0.25, 0.3) is 5.91 Å². The molecule has 3 aromatic rings. The van der Waals surface area contributed by atoms with Crippen LogP contribution in [0.2, 0.25) is 0 Å². The molecule has 0 aromatic heterocycles. The third-order valence-corrected chi connectivity index (χ3v) is 7.93. The van der Waals surface area contributed by atoms with Crippen molar-refractivity contribution in [3.63, 3.8) is 0 Å². The van der Waals surface area contributed by atoms with Crippen LogP contribution in [0.1, 0.15) is 54.4 Å². The Morgan fingerprint density at radius 2 is 1.47 bits per heavy atom. The van der Waals surface area contributed by atoms with Crippen molar-refractivity contribution in [2.24, 2.45) is 5.92 Å². The average Bonchev–Trinajstić information content (AvgIpc) is 2.98. The summed E-state index contributed by atoms with van der Waals surface area (Å²) >= 11 is 0. The zero-order chi connectivity index (χ0) is 26.3. The Hall–Kier alpha value is -3.64. The number of carbonyl (C=O) groups excluding carboxylic acids is 2. The lowest BCUT2D eigenvalue weighted by Crippen LogP contribution is -2.38. The fraction of sp³-hybridized carbons (Fsp3) is 0.375. The van der Waals surface area contributed by atoms with Crippen molar-refractivity contribution in [3.8, 4) is 11.5 Å². The Balaban J connectivity index is 1.14. The highest BCUT2D eigenvalue weighted by molar-refractivity contribution is 5.97. The number of benzene rings is 3. The van der Waals surface area contributed by atoms with Crippen molar-refractivity contribution >= 4 is 17.5 Å². The first kappa shape index (κ1) is 26.0. The third kappa shape index (κ3) is 6.25. The number of carbonyl (C=O) groups is 2. The molecule has 6 nitrogen and oxygen atoms in total. The van der Waals surface area contributed by atoms with Crippen LogP contribution in [0, 0.1) is 5.92 Å². The van der Waals surface area contributed by atoms with E-state index in [-0.39, 0.29) is 17.7 Å². The standard InChI is InChI=1S/C32H37N3O3/c1-2-34-20-16-26(17-21-34)31(36)33-27-14-12-24(13-15-27)25-18-22-35(23-19-25)32(37)29-10-6-7-11-30(29)38-28-8-4-3-5-9-28/h3-15,25-26H,2,16-23H2,1H3,(H,33,36). The number of para-hydroxylation sites is 2. The maximum atomic E-state index is 13.4. The number of hydrogen-bond donors (Lipinski definition) is 1. The van der Waals surface area contributed by atoms with Gasteiger partial charge in [0, 0.05) is 24.7 Å². The normalized spacial score (nSPS) is 17.2. The van der Waals surface area contributed by atoms with Crippen molar-refractivity contribution in [2.45, 2.75) is 38.5 Å². The topological polar surface area (TPSA) is 61.9 Å². The molecular weight excluding hydrogens is 474 g/mol. The number of ether oxygens (including phenoxy) is 1. The van der Waals surface area contributed by atoms with Gasteiger partial charge in [-0.15, -0.1) is 0 Å². The monoisotopic (exact) mass is 511 g/mol. The van der Waals surface area contributed by atoms with Crippen molar-refractivity contribution in [1.82, 2.24) is 9.80 Å². The summed E-state index contributed by atoms with van der Waals surface area (Å²) < 4.78 is 6.02. The molecule has 0 saturated carbocycles. The Labute approximate surface area is 225 Å². The maximum Gasteiger partial charge on any atom is 0.257 e. The predicted molar refractivity (Wildman–Crippen MR) is 151 cm³/mol. The minimum atomic E-state index is 0.0119. The molecule has 0 bridgehead atoms. The zero-order valence-electron chi connectivity index (χ0n) is 22.1. The Kier molecular flexibility index (Phi) is 8.39. The van der Waals surface area contributed by atoms with Crippen molar-refractivity contribution in [2.75, 3.05) is 38.0 Å². The summed E-state index contributed by atoms with van der Waals surface area (Å²) in [7, 11) is 0. The van der Waals surface area contributed by atoms with Crippen LogP contribution in [0.25, 0.3) is 0 Å². The number of nitrogens with zero attached hydrogens (tertiary/aromatic N) is 2. The van der Waals surface area contributed by atoms with Gasteiger partial charge >= 0.3 is 0 Å². The Morgan fingerprint density at radius 3 is 2.16 bits per heavy atom. The number of hydrogen-bond acceptors (Lipinski definition) is 4. The predicted octanol–water partition coefficient (Wildman–Crippen LogP) is 6.17. The zero-order valence-corrected chi connectivity index (χ0v) is 22.1. The van der Waals surface area contributed by atoms with Crippen LogP contribution < -0.4 is 10.1 Å². The summed E-state index contributed by atoms with van der Waals surface area (Å²) in [6.45, 7) is 6.64. The number of nitrogens with one attached hydrogen (secondary N) is 1. The van der Waals surface area contributed by atoms with Gasteiger partial charge in [-0.05, 0) is 93.2 Å². The van der Waals surface area contributed by atoms with E-state index in [1.54, 1.807) is 0 Å². The van der Waals surface area contributed by atoms with Gasteiger partial charge in [-0.2, -0.15) is 0 Å². The molecule has 38 heavy (non-hydrogen) atoms. The van der Waals surface area contributed by atoms with Crippen LogP contribution >= 0.6 is 0 Å². The number of likely N-dealkylation sites (tertiary alicyclic amines) is 2. The largest absolute Gasteiger partial charge is 0.457 e. The molecule has 3 aromatic carbocycles. The van der Waals surface area contributed by atoms with Gasteiger partial charge in [0.1, 0.15) is 11.5 Å². The third-order valence-electron chi connectivity index (χ3n) is 7.93. The molecule has 2 aliphatic heterocycles. The van der Waals surface area contributed by atoms with E-state index >= 15 is 0 Å². The quantitative estimate of drug-likeness (QED) is 0.412. The van der Waals surface area contributed by atoms with E-state index in [4.69, 9.17) is 4.74 Å².